The number of nitrogens with two attached hydrogens (primary N) is 1. The molecule has 0 aromatic heterocycles. The van der Waals surface area contributed by atoms with Gasteiger partial charge in [-0.25, -0.2) is 0 Å². The zero-order valence-corrected chi connectivity index (χ0v) is 6.70. The van der Waals surface area contributed by atoms with Gasteiger partial charge in [0, 0.05) is 0 Å². The summed E-state index contributed by atoms with van der Waals surface area (Å²) >= 11 is 0. The van der Waals surface area contributed by atoms with Crippen molar-refractivity contribution >= 4 is 5.97 Å². The van der Waals surface area contributed by atoms with Crippen molar-refractivity contribution in [3.05, 3.63) is 12.2 Å². The van der Waals surface area contributed by atoms with Gasteiger partial charge in [-0.2, -0.15) is 0 Å². The number of hydrogen-bond acceptors (Lipinski definition) is 4. The van der Waals surface area contributed by atoms with Gasteiger partial charge in [-0.15, -0.1) is 0 Å². The van der Waals surface area contributed by atoms with Gasteiger partial charge in [0.1, 0.15) is 12.1 Å². The lowest BCUT2D eigenvalue weighted by atomic mass is 10.1. The minimum Gasteiger partial charge on any atom is -0.468 e. The number of rotatable bonds is 3. The molecule has 0 aliphatic rings. The molecule has 64 valence electrons. The molecule has 0 heterocycles. The molecule has 0 rings (SSSR count). The van der Waals surface area contributed by atoms with Crippen molar-refractivity contribution < 1.29 is 14.6 Å². The van der Waals surface area contributed by atoms with E-state index in [0.29, 0.717) is 5.57 Å². The summed E-state index contributed by atoms with van der Waals surface area (Å²) in [4.78, 5) is 10.7. The number of carbonyl (C=O) groups is 1. The number of carbonyl (C=O) groups excluding carboxylic acids is 1. The first-order valence-electron chi connectivity index (χ1n) is 3.17. The van der Waals surface area contributed by atoms with Crippen LogP contribution in [0.4, 0.5) is 0 Å². The average molecular weight is 159 g/mol. The second-order valence-corrected chi connectivity index (χ2v) is 2.34. The Bertz CT molecular complexity index is 167. The van der Waals surface area contributed by atoms with Crippen molar-refractivity contribution in [3.8, 4) is 0 Å². The van der Waals surface area contributed by atoms with E-state index in [1.807, 2.05) is 0 Å². The molecule has 0 aromatic carbocycles. The molecule has 0 saturated carbocycles. The molecule has 3 N–H and O–H groups in total. The van der Waals surface area contributed by atoms with Gasteiger partial charge < -0.3 is 15.6 Å². The Kier molecular flexibility index (Phi) is 3.78. The Morgan fingerprint density at radius 2 is 2.18 bits per heavy atom. The first-order valence-corrected chi connectivity index (χ1v) is 3.17. The summed E-state index contributed by atoms with van der Waals surface area (Å²) in [5, 5.41) is 9.17. The van der Waals surface area contributed by atoms with Crippen LogP contribution in [-0.2, 0) is 9.53 Å². The highest BCUT2D eigenvalue weighted by molar-refractivity contribution is 5.76. The molecular formula is C7H13NO3. The monoisotopic (exact) mass is 159 g/mol. The Morgan fingerprint density at radius 3 is 2.45 bits per heavy atom. The molecule has 0 aliphatic heterocycles. The van der Waals surface area contributed by atoms with Crippen LogP contribution in [0, 0.1) is 0 Å². The van der Waals surface area contributed by atoms with Crippen LogP contribution in [0.3, 0.4) is 0 Å². The van der Waals surface area contributed by atoms with Crippen molar-refractivity contribution in [2.45, 2.75) is 19.1 Å². The molecule has 0 amide bonds. The predicted octanol–water partition coefficient (Wildman–Crippen LogP) is -0.576. The summed E-state index contributed by atoms with van der Waals surface area (Å²) in [5.74, 6) is -0.638. The highest BCUT2D eigenvalue weighted by Crippen LogP contribution is 2.02. The Balaban J connectivity index is 4.12. The van der Waals surface area contributed by atoms with E-state index in [1.165, 1.54) is 7.11 Å². The molecule has 4 heteroatoms. The summed E-state index contributed by atoms with van der Waals surface area (Å²) < 4.78 is 4.32. The topological polar surface area (TPSA) is 72.5 Å². The zero-order chi connectivity index (χ0) is 9.02. The van der Waals surface area contributed by atoms with Crippen molar-refractivity contribution in [1.29, 1.82) is 0 Å². The second kappa shape index (κ2) is 4.10. The van der Waals surface area contributed by atoms with Crippen molar-refractivity contribution in [2.75, 3.05) is 7.11 Å². The normalized spacial score (nSPS) is 15.3. The van der Waals surface area contributed by atoms with Crippen LogP contribution in [0.2, 0.25) is 0 Å². The highest BCUT2D eigenvalue weighted by atomic mass is 16.5. The number of aliphatic hydroxyl groups is 1. The molecule has 0 fully saturated rings. The lowest BCUT2D eigenvalue weighted by Gasteiger charge is -2.15. The fourth-order valence-electron chi connectivity index (χ4n) is 0.572. The molecule has 0 bridgehead atoms. The summed E-state index contributed by atoms with van der Waals surface area (Å²) in [6.07, 6.45) is -1.03. The van der Waals surface area contributed by atoms with Crippen LogP contribution in [0.5, 0.6) is 0 Å². The van der Waals surface area contributed by atoms with Gasteiger partial charge in [0.15, 0.2) is 0 Å². The SMILES string of the molecule is C=C(C)[C@@H](O)C(N)C(=O)OC. The van der Waals surface area contributed by atoms with E-state index in [9.17, 15) is 9.90 Å². The van der Waals surface area contributed by atoms with Gasteiger partial charge in [-0.3, -0.25) is 4.79 Å². The summed E-state index contributed by atoms with van der Waals surface area (Å²) in [6.45, 7) is 5.05. The Morgan fingerprint density at radius 1 is 1.73 bits per heavy atom. The molecule has 2 atom stereocenters. The Hall–Kier alpha value is -0.870. The third-order valence-corrected chi connectivity index (χ3v) is 1.32. The summed E-state index contributed by atoms with van der Waals surface area (Å²) in [7, 11) is 1.22. The number of hydrogen-bond donors (Lipinski definition) is 2. The van der Waals surface area contributed by atoms with E-state index >= 15 is 0 Å². The molecule has 0 aromatic rings. The van der Waals surface area contributed by atoms with Crippen molar-refractivity contribution in [1.82, 2.24) is 0 Å². The molecular weight excluding hydrogens is 146 g/mol. The van der Waals surface area contributed by atoms with Gasteiger partial charge in [-0.05, 0) is 6.92 Å². The molecule has 0 spiro atoms. The van der Waals surface area contributed by atoms with E-state index in [0.717, 1.165) is 0 Å². The quantitative estimate of drug-likeness (QED) is 0.427. The third kappa shape index (κ3) is 2.69. The van der Waals surface area contributed by atoms with Crippen molar-refractivity contribution in [2.24, 2.45) is 5.73 Å². The second-order valence-electron chi connectivity index (χ2n) is 2.34. The maximum Gasteiger partial charge on any atom is 0.325 e. The molecule has 0 aliphatic carbocycles. The number of esters is 1. The average Bonchev–Trinajstić information content (AvgIpc) is 2.00. The van der Waals surface area contributed by atoms with Crippen LogP contribution in [-0.4, -0.2) is 30.3 Å². The maximum atomic E-state index is 10.7. The van der Waals surface area contributed by atoms with Crippen LogP contribution in [0.25, 0.3) is 0 Å². The standard InChI is InChI=1S/C7H13NO3/c1-4(2)6(9)5(8)7(10)11-3/h5-6,9H,1,8H2,2-3H3/t5?,6-/m1/s1. The summed E-state index contributed by atoms with van der Waals surface area (Å²) in [5.41, 5.74) is 5.73. The number of methoxy groups -OCH3 is 1. The van der Waals surface area contributed by atoms with Crippen LogP contribution in [0.15, 0.2) is 12.2 Å². The van der Waals surface area contributed by atoms with E-state index in [1.54, 1.807) is 6.92 Å². The molecule has 11 heavy (non-hydrogen) atoms. The zero-order valence-electron chi connectivity index (χ0n) is 6.70. The molecule has 4 nitrogen and oxygen atoms in total. The predicted molar refractivity (Wildman–Crippen MR) is 40.8 cm³/mol. The lowest BCUT2D eigenvalue weighted by Crippen LogP contribution is -2.43. The van der Waals surface area contributed by atoms with Gasteiger partial charge in [0.05, 0.1) is 7.11 Å². The van der Waals surface area contributed by atoms with E-state index in [2.05, 4.69) is 11.3 Å². The van der Waals surface area contributed by atoms with E-state index in [-0.39, 0.29) is 0 Å². The van der Waals surface area contributed by atoms with Gasteiger partial charge in [-0.1, -0.05) is 12.2 Å². The van der Waals surface area contributed by atoms with Crippen LogP contribution < -0.4 is 5.73 Å². The van der Waals surface area contributed by atoms with Gasteiger partial charge in [0.2, 0.25) is 0 Å². The fraction of sp³-hybridized carbons (Fsp3) is 0.571. The van der Waals surface area contributed by atoms with Gasteiger partial charge in [0.25, 0.3) is 0 Å². The van der Waals surface area contributed by atoms with E-state index in [4.69, 9.17) is 5.73 Å². The number of ether oxygens (including phenoxy) is 1. The Labute approximate surface area is 65.6 Å². The van der Waals surface area contributed by atoms with Crippen molar-refractivity contribution in [3.63, 3.8) is 0 Å². The van der Waals surface area contributed by atoms with Gasteiger partial charge >= 0.3 is 5.97 Å². The largest absolute Gasteiger partial charge is 0.468 e. The van der Waals surface area contributed by atoms with Crippen LogP contribution in [0.1, 0.15) is 6.92 Å². The number of aliphatic hydroxyl groups excluding tert-OH is 1. The van der Waals surface area contributed by atoms with E-state index < -0.39 is 18.1 Å². The maximum absolute atomic E-state index is 10.7. The third-order valence-electron chi connectivity index (χ3n) is 1.32. The molecule has 1 unspecified atom stereocenters. The minimum atomic E-state index is -1.03. The first-order chi connectivity index (χ1) is 5.00. The summed E-state index contributed by atoms with van der Waals surface area (Å²) in [6, 6.07) is -1.03. The lowest BCUT2D eigenvalue weighted by molar-refractivity contribution is -0.144. The fourth-order valence-corrected chi connectivity index (χ4v) is 0.572. The minimum absolute atomic E-state index is 0.447. The molecule has 0 saturated heterocycles. The van der Waals surface area contributed by atoms with Crippen LogP contribution >= 0.6 is 0 Å². The molecule has 0 radical (unpaired) electrons. The first kappa shape index (κ1) is 10.1. The highest BCUT2D eigenvalue weighted by Gasteiger charge is 2.23. The smallest absolute Gasteiger partial charge is 0.325 e.